The number of pyridine rings is 1. The van der Waals surface area contributed by atoms with Gasteiger partial charge in [0, 0.05) is 38.1 Å². The number of para-hydroxylation sites is 3. The summed E-state index contributed by atoms with van der Waals surface area (Å²) < 4.78 is 4.38. The van der Waals surface area contributed by atoms with E-state index in [9.17, 15) is 0 Å². The van der Waals surface area contributed by atoms with Crippen molar-refractivity contribution in [3.05, 3.63) is 176 Å². The molecule has 0 atom stereocenters. The summed E-state index contributed by atoms with van der Waals surface area (Å²) in [5.41, 5.74) is 10.0. The van der Waals surface area contributed by atoms with E-state index in [0.717, 1.165) is 99.0 Å². The number of benzene rings is 7. The van der Waals surface area contributed by atoms with E-state index < -0.39 is 0 Å². The molecule has 5 heterocycles. The van der Waals surface area contributed by atoms with Gasteiger partial charge >= 0.3 is 0 Å². The number of nitrogens with zero attached hydrogens (tertiary/aromatic N) is 7. The van der Waals surface area contributed by atoms with E-state index in [1.54, 1.807) is 0 Å². The molecule has 7 aromatic carbocycles. The molecule has 0 amide bonds. The Hall–Kier alpha value is -7.77. The van der Waals surface area contributed by atoms with Crippen molar-refractivity contribution in [3.63, 3.8) is 0 Å². The highest BCUT2D eigenvalue weighted by Crippen LogP contribution is 2.42. The second-order valence-electron chi connectivity index (χ2n) is 14.1. The molecule has 12 rings (SSSR count). The van der Waals surface area contributed by atoms with Gasteiger partial charge in [0.25, 0.3) is 0 Å². The molecule has 5 aromatic heterocycles. The topological polar surface area (TPSA) is 74.3 Å². The first-order valence-corrected chi connectivity index (χ1v) is 18.7. The van der Waals surface area contributed by atoms with Crippen LogP contribution in [-0.2, 0) is 0 Å². The van der Waals surface area contributed by atoms with Crippen molar-refractivity contribution in [2.45, 2.75) is 0 Å². The van der Waals surface area contributed by atoms with Crippen molar-refractivity contribution >= 4 is 76.5 Å². The summed E-state index contributed by atoms with van der Waals surface area (Å²) in [6.07, 6.45) is 0. The minimum atomic E-state index is 0.543. The first-order valence-electron chi connectivity index (χ1n) is 18.7. The lowest BCUT2D eigenvalue weighted by atomic mass is 10.1. The van der Waals surface area contributed by atoms with Crippen LogP contribution in [-0.4, -0.2) is 34.1 Å². The van der Waals surface area contributed by atoms with Crippen molar-refractivity contribution in [1.82, 2.24) is 34.1 Å². The summed E-state index contributed by atoms with van der Waals surface area (Å²) >= 11 is 0. The molecule has 0 aliphatic rings. The van der Waals surface area contributed by atoms with Crippen molar-refractivity contribution in [1.29, 1.82) is 0 Å². The lowest BCUT2D eigenvalue weighted by Gasteiger charge is -2.12. The van der Waals surface area contributed by atoms with Crippen LogP contribution >= 0.6 is 0 Å². The third-order valence-electron chi connectivity index (χ3n) is 10.9. The van der Waals surface area contributed by atoms with E-state index in [1.807, 2.05) is 42.5 Å². The van der Waals surface area contributed by atoms with Crippen LogP contribution in [0.1, 0.15) is 0 Å². The molecular formula is C49H29N7. The van der Waals surface area contributed by atoms with Crippen LogP contribution in [0.25, 0.3) is 111 Å². The number of hydrogen-bond acceptors (Lipinski definition) is 5. The van der Waals surface area contributed by atoms with E-state index in [2.05, 4.69) is 143 Å². The maximum absolute atomic E-state index is 5.43. The lowest BCUT2D eigenvalue weighted by molar-refractivity contribution is 1.00. The zero-order valence-corrected chi connectivity index (χ0v) is 29.9. The van der Waals surface area contributed by atoms with E-state index in [0.29, 0.717) is 11.9 Å². The molecule has 0 fully saturated rings. The molecule has 260 valence electrons. The Morgan fingerprint density at radius 3 is 1.41 bits per heavy atom. The minimum absolute atomic E-state index is 0.543. The molecule has 0 N–H and O–H groups in total. The summed E-state index contributed by atoms with van der Waals surface area (Å²) in [4.78, 5) is 26.9. The van der Waals surface area contributed by atoms with Crippen molar-refractivity contribution in [3.8, 4) is 34.4 Å². The summed E-state index contributed by atoms with van der Waals surface area (Å²) in [5, 5.41) is 7.25. The minimum Gasteiger partial charge on any atom is -0.276 e. The maximum atomic E-state index is 5.43. The van der Waals surface area contributed by atoms with Crippen molar-refractivity contribution < 1.29 is 0 Å². The fourth-order valence-electron chi connectivity index (χ4n) is 8.35. The van der Waals surface area contributed by atoms with Gasteiger partial charge in [-0.15, -0.1) is 0 Å². The quantitative estimate of drug-likeness (QED) is 0.181. The number of hydrogen-bond donors (Lipinski definition) is 0. The predicted octanol–water partition coefficient (Wildman–Crippen LogP) is 11.6. The molecule has 0 bridgehead atoms. The summed E-state index contributed by atoms with van der Waals surface area (Å²) in [6, 6.07) is 60.7. The first kappa shape index (κ1) is 30.7. The molecule has 0 spiro atoms. The highest BCUT2D eigenvalue weighted by molar-refractivity contribution is 6.22. The van der Waals surface area contributed by atoms with Crippen LogP contribution in [0, 0.1) is 0 Å². The van der Waals surface area contributed by atoms with Crippen LogP contribution in [0.15, 0.2) is 176 Å². The molecule has 7 heteroatoms. The van der Waals surface area contributed by atoms with Gasteiger partial charge in [0.15, 0.2) is 0 Å². The molecular weight excluding hydrogens is 687 g/mol. The highest BCUT2D eigenvalue weighted by Gasteiger charge is 2.27. The second kappa shape index (κ2) is 11.9. The number of rotatable bonds is 4. The first-order chi connectivity index (χ1) is 27.8. The Morgan fingerprint density at radius 2 is 0.786 bits per heavy atom. The van der Waals surface area contributed by atoms with Gasteiger partial charge < -0.3 is 0 Å². The van der Waals surface area contributed by atoms with Gasteiger partial charge in [0.1, 0.15) is 5.65 Å². The summed E-state index contributed by atoms with van der Waals surface area (Å²) in [5.74, 6) is 1.12. The smallest absolute Gasteiger partial charge is 0.237 e. The summed E-state index contributed by atoms with van der Waals surface area (Å²) in [7, 11) is 0. The zero-order chi connectivity index (χ0) is 36.7. The van der Waals surface area contributed by atoms with Gasteiger partial charge in [-0.2, -0.15) is 0 Å². The molecule has 0 saturated carbocycles. The van der Waals surface area contributed by atoms with Crippen LogP contribution in [0.2, 0.25) is 0 Å². The molecule has 12 aromatic rings. The normalized spacial score (nSPS) is 11.9. The molecule has 0 saturated heterocycles. The highest BCUT2D eigenvalue weighted by atomic mass is 15.2. The molecule has 0 aliphatic heterocycles. The average Bonchev–Trinajstić information content (AvgIpc) is 3.75. The predicted molar refractivity (Wildman–Crippen MR) is 227 cm³/mol. The van der Waals surface area contributed by atoms with Gasteiger partial charge in [0.05, 0.1) is 44.5 Å². The molecule has 0 radical (unpaired) electrons. The number of fused-ring (bicyclic) bond motifs is 9. The van der Waals surface area contributed by atoms with Gasteiger partial charge in [-0.3, -0.25) is 9.13 Å². The van der Waals surface area contributed by atoms with Crippen LogP contribution in [0.5, 0.6) is 0 Å². The second-order valence-corrected chi connectivity index (χ2v) is 14.1. The van der Waals surface area contributed by atoms with E-state index in [-0.39, 0.29) is 0 Å². The third-order valence-corrected chi connectivity index (χ3v) is 10.9. The Morgan fingerprint density at radius 1 is 0.321 bits per heavy atom. The van der Waals surface area contributed by atoms with Gasteiger partial charge in [-0.05, 0) is 47.2 Å². The van der Waals surface area contributed by atoms with E-state index in [4.69, 9.17) is 24.9 Å². The monoisotopic (exact) mass is 715 g/mol. The third kappa shape index (κ3) is 4.55. The van der Waals surface area contributed by atoms with Gasteiger partial charge in [0.2, 0.25) is 11.9 Å². The maximum Gasteiger partial charge on any atom is 0.237 e. The Labute approximate surface area is 319 Å². The largest absolute Gasteiger partial charge is 0.276 e. The van der Waals surface area contributed by atoms with Gasteiger partial charge in [-0.1, -0.05) is 140 Å². The number of aromatic nitrogens is 7. The van der Waals surface area contributed by atoms with Gasteiger partial charge in [-0.25, -0.2) is 24.9 Å². The lowest BCUT2D eigenvalue weighted by Crippen LogP contribution is -2.04. The standard InChI is InChI=1S/C49H29N7/c1-3-15-30(16-4-1)43-35-22-10-13-25-40(35)51-48(53-43)55-42-29-33-20-8-7-19-32(33)27-37(42)45-46(55)38-28-34-21-9-12-24-39(34)50-47(38)56(45)49-52-41-26-14-11-23-36(41)44(54-49)31-17-5-2-6-18-31/h1-29H. The van der Waals surface area contributed by atoms with Crippen LogP contribution in [0.3, 0.4) is 0 Å². The van der Waals surface area contributed by atoms with E-state index >= 15 is 0 Å². The fourth-order valence-corrected chi connectivity index (χ4v) is 8.35. The zero-order valence-electron chi connectivity index (χ0n) is 29.9. The fraction of sp³-hybridized carbons (Fsp3) is 0. The van der Waals surface area contributed by atoms with E-state index in [1.165, 1.54) is 0 Å². The van der Waals surface area contributed by atoms with Crippen molar-refractivity contribution in [2.24, 2.45) is 0 Å². The SMILES string of the molecule is c1ccc(-c2nc(-n3c4cc5ccccc5cc4c4c3c3cc5ccccc5nc3n4-c3nc(-c4ccccc4)c4ccccc4n3)nc3ccccc23)cc1. The molecule has 56 heavy (non-hydrogen) atoms. The molecule has 7 nitrogen and oxygen atoms in total. The van der Waals surface area contributed by atoms with Crippen LogP contribution in [0.4, 0.5) is 0 Å². The molecule has 0 unspecified atom stereocenters. The Kier molecular flexibility index (Phi) is 6.50. The Bertz CT molecular complexity index is 3300. The summed E-state index contributed by atoms with van der Waals surface area (Å²) in [6.45, 7) is 0. The average molecular weight is 716 g/mol. The van der Waals surface area contributed by atoms with Crippen molar-refractivity contribution in [2.75, 3.05) is 0 Å². The molecule has 0 aliphatic carbocycles. The Balaban J connectivity index is 1.30. The van der Waals surface area contributed by atoms with Crippen LogP contribution < -0.4 is 0 Å².